The zero-order valence-electron chi connectivity index (χ0n) is 7.42. The van der Waals surface area contributed by atoms with E-state index in [0.29, 0.717) is 5.03 Å². The Morgan fingerprint density at radius 3 is 3.00 bits per heavy atom. The maximum absolute atomic E-state index is 10.7. The van der Waals surface area contributed by atoms with E-state index < -0.39 is 12.0 Å². The fraction of sp³-hybridized carbons (Fsp3) is 0.444. The highest BCUT2D eigenvalue weighted by molar-refractivity contribution is 6.31. The van der Waals surface area contributed by atoms with E-state index in [1.807, 2.05) is 6.08 Å². The Balaban J connectivity index is 2.54. The van der Waals surface area contributed by atoms with Crippen LogP contribution in [0.3, 0.4) is 0 Å². The van der Waals surface area contributed by atoms with Crippen LogP contribution < -0.4 is 5.73 Å². The molecule has 0 radical (unpaired) electrons. The van der Waals surface area contributed by atoms with E-state index >= 15 is 0 Å². The van der Waals surface area contributed by atoms with Crippen molar-refractivity contribution in [1.29, 1.82) is 0 Å². The molecule has 1 amide bonds. The summed E-state index contributed by atoms with van der Waals surface area (Å²) in [6.45, 7) is 1.62. The predicted octanol–water partition coefficient (Wildman–Crippen LogP) is 1.68. The third-order valence-corrected chi connectivity index (χ3v) is 2.02. The molecule has 1 atom stereocenters. The normalized spacial score (nSPS) is 18.6. The molecule has 0 saturated heterocycles. The molecule has 0 aromatic heterocycles. The van der Waals surface area contributed by atoms with Crippen molar-refractivity contribution in [3.8, 4) is 0 Å². The number of primary amides is 1. The zero-order chi connectivity index (χ0) is 9.84. The quantitative estimate of drug-likeness (QED) is 0.756. The van der Waals surface area contributed by atoms with Gasteiger partial charge in [-0.15, -0.1) is 0 Å². The Morgan fingerprint density at radius 2 is 2.46 bits per heavy atom. The summed E-state index contributed by atoms with van der Waals surface area (Å²) in [5.74, 6) is 0.255. The molecule has 2 N–H and O–H groups in total. The molecule has 72 valence electrons. The number of carbonyl (C=O) groups excluding carboxylic acids is 1. The topological polar surface area (TPSA) is 52.3 Å². The number of hydrogen-bond donors (Lipinski definition) is 1. The van der Waals surface area contributed by atoms with Gasteiger partial charge in [0.25, 0.3) is 5.91 Å². The monoisotopic (exact) mass is 201 g/mol. The summed E-state index contributed by atoms with van der Waals surface area (Å²) in [6.07, 6.45) is 4.64. The molecule has 4 heteroatoms. The minimum Gasteiger partial charge on any atom is -0.485 e. The molecule has 0 heterocycles. The molecule has 0 aromatic carbocycles. The molecule has 1 aliphatic carbocycles. The van der Waals surface area contributed by atoms with Crippen molar-refractivity contribution < 1.29 is 9.53 Å². The van der Waals surface area contributed by atoms with E-state index in [0.717, 1.165) is 18.6 Å². The van der Waals surface area contributed by atoms with Crippen LogP contribution in [0.25, 0.3) is 0 Å². The predicted molar refractivity (Wildman–Crippen MR) is 51.0 cm³/mol. The van der Waals surface area contributed by atoms with Crippen LogP contribution in [0, 0.1) is 0 Å². The number of nitrogens with two attached hydrogens (primary N) is 1. The highest BCUT2D eigenvalue weighted by Crippen LogP contribution is 2.21. The largest absolute Gasteiger partial charge is 0.485 e. The molecule has 0 saturated carbocycles. The van der Waals surface area contributed by atoms with Crippen molar-refractivity contribution >= 4 is 17.5 Å². The van der Waals surface area contributed by atoms with Crippen LogP contribution in [0.5, 0.6) is 0 Å². The summed E-state index contributed by atoms with van der Waals surface area (Å²) in [7, 11) is 0. The van der Waals surface area contributed by atoms with E-state index in [4.69, 9.17) is 22.1 Å². The van der Waals surface area contributed by atoms with E-state index in [-0.39, 0.29) is 0 Å². The maximum Gasteiger partial charge on any atom is 0.258 e. The Bertz CT molecular complexity index is 271. The molecular formula is C9H12ClNO2. The van der Waals surface area contributed by atoms with Gasteiger partial charge in [-0.2, -0.15) is 0 Å². The third kappa shape index (κ3) is 3.11. The lowest BCUT2D eigenvalue weighted by molar-refractivity contribution is -0.126. The molecule has 0 aliphatic heterocycles. The van der Waals surface area contributed by atoms with E-state index in [1.54, 1.807) is 13.0 Å². The first kappa shape index (κ1) is 10.1. The first-order chi connectivity index (χ1) is 6.09. The zero-order valence-corrected chi connectivity index (χ0v) is 8.17. The molecule has 0 fully saturated rings. The molecule has 0 bridgehead atoms. The van der Waals surface area contributed by atoms with Crippen LogP contribution in [0.1, 0.15) is 19.8 Å². The number of rotatable bonds is 3. The van der Waals surface area contributed by atoms with Crippen LogP contribution in [-0.4, -0.2) is 12.0 Å². The van der Waals surface area contributed by atoms with Gasteiger partial charge in [0.15, 0.2) is 6.10 Å². The smallest absolute Gasteiger partial charge is 0.258 e. The molecule has 3 nitrogen and oxygen atoms in total. The van der Waals surface area contributed by atoms with Gasteiger partial charge in [-0.3, -0.25) is 4.79 Å². The van der Waals surface area contributed by atoms with Gasteiger partial charge in [-0.05, 0) is 19.4 Å². The molecule has 1 rings (SSSR count). The van der Waals surface area contributed by atoms with Gasteiger partial charge in [0.05, 0.1) is 5.76 Å². The first-order valence-electron chi connectivity index (χ1n) is 4.12. The fourth-order valence-corrected chi connectivity index (χ4v) is 1.25. The Morgan fingerprint density at radius 1 is 1.77 bits per heavy atom. The van der Waals surface area contributed by atoms with Crippen molar-refractivity contribution in [2.75, 3.05) is 0 Å². The summed E-state index contributed by atoms with van der Waals surface area (Å²) >= 11 is 5.76. The maximum atomic E-state index is 10.7. The standard InChI is InChI=1S/C9H12ClNO2/c1-6(9(11)12)13-8-4-2-3-7(10)5-8/h3,5-6H,2,4H2,1H3,(H2,11,12). The third-order valence-electron chi connectivity index (χ3n) is 1.76. The van der Waals surface area contributed by atoms with Crippen molar-refractivity contribution in [2.45, 2.75) is 25.9 Å². The average molecular weight is 202 g/mol. The number of hydrogen-bond acceptors (Lipinski definition) is 2. The van der Waals surface area contributed by atoms with Gasteiger partial charge in [-0.1, -0.05) is 17.7 Å². The number of halogens is 1. The second kappa shape index (κ2) is 4.33. The first-order valence-corrected chi connectivity index (χ1v) is 4.49. The number of carbonyl (C=O) groups is 1. The summed E-state index contributed by atoms with van der Waals surface area (Å²) in [6, 6.07) is 0. The summed E-state index contributed by atoms with van der Waals surface area (Å²) in [5, 5.41) is 0.651. The van der Waals surface area contributed by atoms with Crippen LogP contribution >= 0.6 is 11.6 Å². The molecule has 1 unspecified atom stereocenters. The van der Waals surface area contributed by atoms with Crippen molar-refractivity contribution in [3.63, 3.8) is 0 Å². The lowest BCUT2D eigenvalue weighted by Gasteiger charge is -2.16. The van der Waals surface area contributed by atoms with Crippen LogP contribution in [-0.2, 0) is 9.53 Å². The van der Waals surface area contributed by atoms with E-state index in [1.165, 1.54) is 0 Å². The summed E-state index contributed by atoms with van der Waals surface area (Å²) < 4.78 is 5.28. The lowest BCUT2D eigenvalue weighted by Crippen LogP contribution is -2.28. The van der Waals surface area contributed by atoms with Gasteiger partial charge >= 0.3 is 0 Å². The van der Waals surface area contributed by atoms with Gasteiger partial charge in [0.1, 0.15) is 0 Å². The van der Waals surface area contributed by atoms with Gasteiger partial charge < -0.3 is 10.5 Å². The van der Waals surface area contributed by atoms with Crippen molar-refractivity contribution in [1.82, 2.24) is 0 Å². The number of ether oxygens (including phenoxy) is 1. The molecule has 1 aliphatic rings. The molecule has 0 spiro atoms. The van der Waals surface area contributed by atoms with Crippen LogP contribution in [0.4, 0.5) is 0 Å². The van der Waals surface area contributed by atoms with Crippen LogP contribution in [0.2, 0.25) is 0 Å². The van der Waals surface area contributed by atoms with E-state index in [2.05, 4.69) is 0 Å². The van der Waals surface area contributed by atoms with Gasteiger partial charge in [0, 0.05) is 11.5 Å². The van der Waals surface area contributed by atoms with E-state index in [9.17, 15) is 4.79 Å². The fourth-order valence-electron chi connectivity index (χ4n) is 1.02. The minimum absolute atomic E-state index is 0.466. The number of amides is 1. The van der Waals surface area contributed by atoms with Crippen molar-refractivity contribution in [2.24, 2.45) is 5.73 Å². The minimum atomic E-state index is -0.589. The Hall–Kier alpha value is -0.960. The van der Waals surface area contributed by atoms with Gasteiger partial charge in [0.2, 0.25) is 0 Å². The SMILES string of the molecule is CC(OC1=CC(Cl)=CCC1)C(N)=O. The van der Waals surface area contributed by atoms with Crippen molar-refractivity contribution in [3.05, 3.63) is 22.9 Å². The summed E-state index contributed by atoms with van der Waals surface area (Å²) in [5.41, 5.74) is 5.05. The molecule has 0 aromatic rings. The lowest BCUT2D eigenvalue weighted by atomic mass is 10.1. The molecule has 13 heavy (non-hydrogen) atoms. The average Bonchev–Trinajstić information content (AvgIpc) is 2.04. The highest BCUT2D eigenvalue weighted by atomic mass is 35.5. The molecular weight excluding hydrogens is 190 g/mol. The Kier molecular flexibility index (Phi) is 3.37. The second-order valence-electron chi connectivity index (χ2n) is 2.90. The van der Waals surface area contributed by atoms with Crippen LogP contribution in [0.15, 0.2) is 22.9 Å². The highest BCUT2D eigenvalue weighted by Gasteiger charge is 2.13. The second-order valence-corrected chi connectivity index (χ2v) is 3.34. The van der Waals surface area contributed by atoms with Gasteiger partial charge in [-0.25, -0.2) is 0 Å². The Labute approximate surface area is 82.2 Å². The number of allylic oxidation sites excluding steroid dienone is 4. The summed E-state index contributed by atoms with van der Waals surface area (Å²) in [4.78, 5) is 10.7.